The average Bonchev–Trinajstić information content (AvgIpc) is 2.53. The second kappa shape index (κ2) is 3.19. The third-order valence-electron chi connectivity index (χ3n) is 2.81. The van der Waals surface area contributed by atoms with Crippen molar-refractivity contribution in [1.29, 1.82) is 0 Å². The first-order valence-electron chi connectivity index (χ1n) is 4.63. The molecule has 0 amide bonds. The molecular weight excluding hydrogens is 166 g/mol. The highest BCUT2D eigenvalue weighted by Crippen LogP contribution is 2.32. The molecule has 1 nitrogen and oxygen atoms in total. The number of hydrogen-bond donors (Lipinski definition) is 0. The fourth-order valence-electron chi connectivity index (χ4n) is 1.99. The van der Waals surface area contributed by atoms with E-state index in [-0.39, 0.29) is 0 Å². The van der Waals surface area contributed by atoms with E-state index < -0.39 is 0 Å². The molecule has 0 aliphatic carbocycles. The Morgan fingerprint density at radius 1 is 1.67 bits per heavy atom. The summed E-state index contributed by atoms with van der Waals surface area (Å²) in [6, 6.07) is 2.93. The molecule has 0 N–H and O–H groups in total. The molecule has 2 heterocycles. The van der Waals surface area contributed by atoms with E-state index >= 15 is 0 Å². The molecule has 0 aromatic carbocycles. The molecule has 0 radical (unpaired) electrons. The molecule has 0 bridgehead atoms. The lowest BCUT2D eigenvalue weighted by atomic mass is 10.0. The zero-order valence-corrected chi connectivity index (χ0v) is 8.53. The van der Waals surface area contributed by atoms with Crippen molar-refractivity contribution in [3.8, 4) is 0 Å². The van der Waals surface area contributed by atoms with Crippen molar-refractivity contribution < 1.29 is 0 Å². The van der Waals surface area contributed by atoms with Crippen molar-refractivity contribution in [2.24, 2.45) is 0 Å². The quantitative estimate of drug-likeness (QED) is 0.644. The first-order chi connectivity index (χ1) is 5.83. The van der Waals surface area contributed by atoms with Crippen LogP contribution in [0.5, 0.6) is 0 Å². The lowest BCUT2D eigenvalue weighted by Crippen LogP contribution is -2.32. The number of rotatable bonds is 1. The topological polar surface area (TPSA) is 3.24 Å². The first kappa shape index (κ1) is 8.27. The van der Waals surface area contributed by atoms with E-state index in [2.05, 4.69) is 30.2 Å². The van der Waals surface area contributed by atoms with Crippen LogP contribution < -0.4 is 0 Å². The summed E-state index contributed by atoms with van der Waals surface area (Å²) in [4.78, 5) is 4.14. The van der Waals surface area contributed by atoms with Gasteiger partial charge in [0.2, 0.25) is 0 Å². The van der Waals surface area contributed by atoms with Crippen LogP contribution in [0, 0.1) is 0 Å². The van der Waals surface area contributed by atoms with Crippen molar-refractivity contribution in [3.05, 3.63) is 21.9 Å². The van der Waals surface area contributed by atoms with Gasteiger partial charge in [-0.3, -0.25) is 4.90 Å². The maximum atomic E-state index is 2.54. The monoisotopic (exact) mass is 181 g/mol. The smallest absolute Gasteiger partial charge is 0.0330 e. The summed E-state index contributed by atoms with van der Waals surface area (Å²) in [5.41, 5.74) is 1.56. The van der Waals surface area contributed by atoms with Gasteiger partial charge in [-0.15, -0.1) is 11.3 Å². The van der Waals surface area contributed by atoms with Crippen LogP contribution in [-0.4, -0.2) is 18.0 Å². The largest absolute Gasteiger partial charge is 0.296 e. The summed E-state index contributed by atoms with van der Waals surface area (Å²) < 4.78 is 0. The van der Waals surface area contributed by atoms with Gasteiger partial charge in [0.05, 0.1) is 0 Å². The van der Waals surface area contributed by atoms with E-state index in [0.29, 0.717) is 6.04 Å². The van der Waals surface area contributed by atoms with Gasteiger partial charge in [0.15, 0.2) is 0 Å². The van der Waals surface area contributed by atoms with Crippen LogP contribution in [0.2, 0.25) is 0 Å². The highest BCUT2D eigenvalue weighted by Gasteiger charge is 2.22. The molecule has 12 heavy (non-hydrogen) atoms. The summed E-state index contributed by atoms with van der Waals surface area (Å²) in [6.45, 7) is 6.98. The molecule has 1 aromatic heterocycles. The normalized spacial score (nSPS) is 24.0. The Labute approximate surface area is 78.0 Å². The van der Waals surface area contributed by atoms with E-state index in [1.165, 1.54) is 19.5 Å². The lowest BCUT2D eigenvalue weighted by Gasteiger charge is -2.32. The second-order valence-corrected chi connectivity index (χ2v) is 4.35. The Balaban J connectivity index is 2.29. The fraction of sp³-hybridized carbons (Fsp3) is 0.600. The van der Waals surface area contributed by atoms with Gasteiger partial charge in [-0.2, -0.15) is 0 Å². The Kier molecular flexibility index (Phi) is 2.20. The van der Waals surface area contributed by atoms with Gasteiger partial charge in [0, 0.05) is 17.5 Å². The third-order valence-corrected chi connectivity index (χ3v) is 3.81. The van der Waals surface area contributed by atoms with Crippen LogP contribution in [0.4, 0.5) is 0 Å². The highest BCUT2D eigenvalue weighted by molar-refractivity contribution is 7.10. The minimum atomic E-state index is 0.644. The van der Waals surface area contributed by atoms with E-state index in [4.69, 9.17) is 0 Å². The van der Waals surface area contributed by atoms with Gasteiger partial charge >= 0.3 is 0 Å². The number of thiophene rings is 1. The summed E-state index contributed by atoms with van der Waals surface area (Å²) in [5.74, 6) is 0. The molecule has 2 heteroatoms. The molecular formula is C10H15NS. The first-order valence-corrected chi connectivity index (χ1v) is 5.51. The number of fused-ring (bicyclic) bond motifs is 1. The third kappa shape index (κ3) is 1.19. The lowest BCUT2D eigenvalue weighted by molar-refractivity contribution is 0.211. The standard InChI is InChI=1S/C10H15NS/c1-3-11-6-4-10-9(8(11)2)5-7-12-10/h5,7-8H,3-4,6H2,1-2H3. The van der Waals surface area contributed by atoms with E-state index in [9.17, 15) is 0 Å². The molecule has 0 spiro atoms. The minimum Gasteiger partial charge on any atom is -0.296 e. The Morgan fingerprint density at radius 2 is 2.50 bits per heavy atom. The van der Waals surface area contributed by atoms with Crippen LogP contribution in [0.3, 0.4) is 0 Å². The van der Waals surface area contributed by atoms with Crippen LogP contribution in [-0.2, 0) is 6.42 Å². The van der Waals surface area contributed by atoms with Crippen LogP contribution >= 0.6 is 11.3 Å². The van der Waals surface area contributed by atoms with Gasteiger partial charge in [0.1, 0.15) is 0 Å². The van der Waals surface area contributed by atoms with E-state index in [0.717, 1.165) is 0 Å². The zero-order chi connectivity index (χ0) is 8.55. The number of hydrogen-bond acceptors (Lipinski definition) is 2. The molecule has 1 atom stereocenters. The molecule has 66 valence electrons. The maximum Gasteiger partial charge on any atom is 0.0330 e. The van der Waals surface area contributed by atoms with Crippen LogP contribution in [0.15, 0.2) is 11.4 Å². The molecule has 1 aromatic rings. The second-order valence-electron chi connectivity index (χ2n) is 3.35. The maximum absolute atomic E-state index is 2.54. The summed E-state index contributed by atoms with van der Waals surface area (Å²) in [5, 5.41) is 2.22. The molecule has 1 aliphatic rings. The summed E-state index contributed by atoms with van der Waals surface area (Å²) in [6.07, 6.45) is 1.26. The Bertz CT molecular complexity index is 267. The van der Waals surface area contributed by atoms with Gasteiger partial charge in [0.25, 0.3) is 0 Å². The Morgan fingerprint density at radius 3 is 3.25 bits per heavy atom. The minimum absolute atomic E-state index is 0.644. The molecule has 1 unspecified atom stereocenters. The van der Waals surface area contributed by atoms with Crippen LogP contribution in [0.1, 0.15) is 30.3 Å². The SMILES string of the molecule is CCN1CCc2sccc2C1C. The van der Waals surface area contributed by atoms with Gasteiger partial charge in [-0.05, 0) is 36.9 Å². The zero-order valence-electron chi connectivity index (χ0n) is 7.71. The summed E-state index contributed by atoms with van der Waals surface area (Å²) in [7, 11) is 0. The number of likely N-dealkylation sites (N-methyl/N-ethyl adjacent to an activating group) is 1. The molecule has 1 aliphatic heterocycles. The van der Waals surface area contributed by atoms with Crippen molar-refractivity contribution >= 4 is 11.3 Å². The van der Waals surface area contributed by atoms with Crippen molar-refractivity contribution in [1.82, 2.24) is 4.90 Å². The van der Waals surface area contributed by atoms with Crippen molar-refractivity contribution in [2.45, 2.75) is 26.3 Å². The molecule has 0 fully saturated rings. The van der Waals surface area contributed by atoms with Gasteiger partial charge in [-0.1, -0.05) is 6.92 Å². The van der Waals surface area contributed by atoms with E-state index in [1.54, 1.807) is 10.4 Å². The van der Waals surface area contributed by atoms with Crippen molar-refractivity contribution in [2.75, 3.05) is 13.1 Å². The predicted molar refractivity (Wildman–Crippen MR) is 53.7 cm³/mol. The highest BCUT2D eigenvalue weighted by atomic mass is 32.1. The summed E-state index contributed by atoms with van der Waals surface area (Å²) >= 11 is 1.91. The van der Waals surface area contributed by atoms with E-state index in [1.807, 2.05) is 11.3 Å². The number of nitrogens with zero attached hydrogens (tertiary/aromatic N) is 1. The molecule has 0 saturated heterocycles. The average molecular weight is 181 g/mol. The Hall–Kier alpha value is -0.340. The van der Waals surface area contributed by atoms with Crippen molar-refractivity contribution in [3.63, 3.8) is 0 Å². The molecule has 2 rings (SSSR count). The fourth-order valence-corrected chi connectivity index (χ4v) is 2.96. The van der Waals surface area contributed by atoms with Gasteiger partial charge < -0.3 is 0 Å². The predicted octanol–water partition coefficient (Wildman–Crippen LogP) is 2.69. The molecule has 0 saturated carbocycles. The van der Waals surface area contributed by atoms with Crippen LogP contribution in [0.25, 0.3) is 0 Å². The van der Waals surface area contributed by atoms with Gasteiger partial charge in [-0.25, -0.2) is 0 Å².